The summed E-state index contributed by atoms with van der Waals surface area (Å²) in [5, 5.41) is 10.1. The third kappa shape index (κ3) is 4.07. The van der Waals surface area contributed by atoms with Gasteiger partial charge < -0.3 is 19.9 Å². The molecule has 5 N–H and O–H groups in total. The van der Waals surface area contributed by atoms with Crippen molar-refractivity contribution < 1.29 is 23.6 Å². The molecule has 0 amide bonds. The van der Waals surface area contributed by atoms with Crippen LogP contribution in [0.3, 0.4) is 0 Å². The van der Waals surface area contributed by atoms with Gasteiger partial charge in [-0.05, 0) is 36.6 Å². The van der Waals surface area contributed by atoms with E-state index in [9.17, 15) is 19.4 Å². The van der Waals surface area contributed by atoms with Crippen molar-refractivity contribution in [1.82, 2.24) is 19.5 Å². The minimum atomic E-state index is -4.41. The maximum absolute atomic E-state index is 12.3. The third-order valence-electron chi connectivity index (χ3n) is 5.15. The van der Waals surface area contributed by atoms with Crippen molar-refractivity contribution in [2.24, 2.45) is 11.8 Å². The Hall–Kier alpha value is -2.43. The van der Waals surface area contributed by atoms with Gasteiger partial charge >= 0.3 is 7.82 Å². The Morgan fingerprint density at radius 3 is 2.80 bits per heavy atom. The SMILES string of the molecule is Nc1nc2c(ncn2[C@@H]2C[C@H](CO)[C@@H]2COP(=O)(O)Oc2ccc(Cl)cc2)c(=O)[nH]1. The summed E-state index contributed by atoms with van der Waals surface area (Å²) in [6.07, 6.45) is 2.01. The summed E-state index contributed by atoms with van der Waals surface area (Å²) in [4.78, 5) is 32.6. The summed E-state index contributed by atoms with van der Waals surface area (Å²) in [6, 6.07) is 5.68. The zero-order valence-electron chi connectivity index (χ0n) is 15.5. The van der Waals surface area contributed by atoms with Gasteiger partial charge in [-0.25, -0.2) is 9.55 Å². The number of rotatable bonds is 7. The highest BCUT2D eigenvalue weighted by molar-refractivity contribution is 7.47. The van der Waals surface area contributed by atoms with Crippen molar-refractivity contribution in [2.45, 2.75) is 12.5 Å². The van der Waals surface area contributed by atoms with E-state index in [0.29, 0.717) is 17.1 Å². The minimum Gasteiger partial charge on any atom is -0.404 e. The first-order valence-corrected chi connectivity index (χ1v) is 10.9. The number of aliphatic hydroxyl groups excluding tert-OH is 1. The Bertz CT molecular complexity index is 1170. The lowest BCUT2D eigenvalue weighted by Crippen LogP contribution is -2.43. The molecule has 3 aromatic rings. The lowest BCUT2D eigenvalue weighted by atomic mass is 9.70. The number of hydrogen-bond donors (Lipinski definition) is 4. The van der Waals surface area contributed by atoms with Gasteiger partial charge in [0.15, 0.2) is 11.2 Å². The molecule has 4 atom stereocenters. The molecular weight excluding hydrogens is 437 g/mol. The number of nitrogen functional groups attached to an aromatic ring is 1. The van der Waals surface area contributed by atoms with Crippen molar-refractivity contribution in [3.63, 3.8) is 0 Å². The molecule has 160 valence electrons. The number of imidazole rings is 1. The van der Waals surface area contributed by atoms with Crippen LogP contribution in [0.5, 0.6) is 5.75 Å². The summed E-state index contributed by atoms with van der Waals surface area (Å²) >= 11 is 5.79. The van der Waals surface area contributed by atoms with Gasteiger partial charge in [0.25, 0.3) is 5.56 Å². The van der Waals surface area contributed by atoms with Gasteiger partial charge in [0.1, 0.15) is 5.75 Å². The van der Waals surface area contributed by atoms with E-state index in [1.807, 2.05) is 0 Å². The van der Waals surface area contributed by atoms with Gasteiger partial charge in [0.05, 0.1) is 12.9 Å². The van der Waals surface area contributed by atoms with Crippen molar-refractivity contribution in [2.75, 3.05) is 18.9 Å². The van der Waals surface area contributed by atoms with Crippen LogP contribution in [0, 0.1) is 11.8 Å². The van der Waals surface area contributed by atoms with E-state index in [0.717, 1.165) is 0 Å². The Kier molecular flexibility index (Phi) is 5.56. The highest BCUT2D eigenvalue weighted by Crippen LogP contribution is 2.50. The smallest absolute Gasteiger partial charge is 0.404 e. The fraction of sp³-hybridized carbons (Fsp3) is 0.353. The van der Waals surface area contributed by atoms with Crippen LogP contribution in [0.4, 0.5) is 5.95 Å². The number of anilines is 1. The van der Waals surface area contributed by atoms with E-state index >= 15 is 0 Å². The van der Waals surface area contributed by atoms with Gasteiger partial charge in [-0.2, -0.15) is 4.98 Å². The molecular formula is C17H19ClN5O6P. The third-order valence-corrected chi connectivity index (χ3v) is 6.32. The predicted molar refractivity (Wildman–Crippen MR) is 108 cm³/mol. The van der Waals surface area contributed by atoms with Crippen LogP contribution >= 0.6 is 19.4 Å². The van der Waals surface area contributed by atoms with E-state index in [1.54, 1.807) is 4.57 Å². The molecule has 1 saturated carbocycles. The van der Waals surface area contributed by atoms with Crippen molar-refractivity contribution >= 4 is 36.5 Å². The quantitative estimate of drug-likeness (QED) is 0.388. The van der Waals surface area contributed by atoms with Crippen molar-refractivity contribution in [1.29, 1.82) is 0 Å². The van der Waals surface area contributed by atoms with Crippen LogP contribution in [0.25, 0.3) is 11.2 Å². The van der Waals surface area contributed by atoms with Crippen molar-refractivity contribution in [3.05, 3.63) is 46.0 Å². The maximum Gasteiger partial charge on any atom is 0.527 e. The van der Waals surface area contributed by atoms with E-state index in [4.69, 9.17) is 26.4 Å². The molecule has 1 fully saturated rings. The second kappa shape index (κ2) is 8.01. The number of nitrogens with zero attached hydrogens (tertiary/aromatic N) is 3. The topological polar surface area (TPSA) is 166 Å². The maximum atomic E-state index is 12.3. The number of aromatic amines is 1. The summed E-state index contributed by atoms with van der Waals surface area (Å²) in [6.45, 7) is -0.281. The first kappa shape index (κ1) is 20.8. The number of H-pyrrole nitrogens is 1. The van der Waals surface area contributed by atoms with E-state index in [1.165, 1.54) is 30.6 Å². The Morgan fingerprint density at radius 1 is 1.37 bits per heavy atom. The molecule has 30 heavy (non-hydrogen) atoms. The van der Waals surface area contributed by atoms with Gasteiger partial charge in [0, 0.05) is 23.6 Å². The van der Waals surface area contributed by atoms with Gasteiger partial charge in [-0.1, -0.05) is 11.6 Å². The number of phosphoric acid groups is 1. The highest BCUT2D eigenvalue weighted by Gasteiger charge is 2.44. The number of hydrogen-bond acceptors (Lipinski definition) is 8. The van der Waals surface area contributed by atoms with E-state index in [-0.39, 0.29) is 48.3 Å². The lowest BCUT2D eigenvalue weighted by molar-refractivity contribution is -0.00476. The largest absolute Gasteiger partial charge is 0.527 e. The Morgan fingerprint density at radius 2 is 2.10 bits per heavy atom. The monoisotopic (exact) mass is 455 g/mol. The fourth-order valence-corrected chi connectivity index (χ4v) is 4.50. The summed E-state index contributed by atoms with van der Waals surface area (Å²) in [5.41, 5.74) is 5.60. The average Bonchev–Trinajstić information content (AvgIpc) is 3.07. The van der Waals surface area contributed by atoms with E-state index < -0.39 is 13.4 Å². The number of halogens is 1. The number of nitrogens with one attached hydrogen (secondary N) is 1. The fourth-order valence-electron chi connectivity index (χ4n) is 3.58. The van der Waals surface area contributed by atoms with Crippen LogP contribution in [0.2, 0.25) is 5.02 Å². The number of nitrogens with two attached hydrogens (primary N) is 1. The van der Waals surface area contributed by atoms with E-state index in [2.05, 4.69) is 15.0 Å². The molecule has 1 aromatic carbocycles. The minimum absolute atomic E-state index is 0.0451. The molecule has 1 aliphatic carbocycles. The predicted octanol–water partition coefficient (Wildman–Crippen LogP) is 1.72. The molecule has 13 heteroatoms. The van der Waals surface area contributed by atoms with Crippen LogP contribution in [0.1, 0.15) is 12.5 Å². The standard InChI is InChI=1S/C17H19ClN5O6P/c18-10-1-3-11(4-2-10)29-30(26,27)28-7-12-9(6-24)5-13(12)23-8-20-14-15(23)21-17(19)22-16(14)25/h1-4,8-9,12-13,24H,5-7H2,(H,26,27)(H3,19,21,22,25)/t9-,12+,13-/m1/s1. The molecule has 1 unspecified atom stereocenters. The molecule has 2 aromatic heterocycles. The molecule has 0 bridgehead atoms. The zero-order chi connectivity index (χ0) is 21.5. The first-order valence-electron chi connectivity index (χ1n) is 9.03. The lowest BCUT2D eigenvalue weighted by Gasteiger charge is -2.44. The molecule has 11 nitrogen and oxygen atoms in total. The molecule has 0 spiro atoms. The van der Waals surface area contributed by atoms with Gasteiger partial charge in [-0.15, -0.1) is 0 Å². The number of phosphoric ester groups is 1. The molecule has 1 aliphatic rings. The number of benzene rings is 1. The Labute approximate surface area is 175 Å². The summed E-state index contributed by atoms with van der Waals surface area (Å²) in [5.74, 6) is -0.406. The average molecular weight is 456 g/mol. The van der Waals surface area contributed by atoms with Crippen LogP contribution in [-0.4, -0.2) is 42.7 Å². The zero-order valence-corrected chi connectivity index (χ0v) is 17.2. The molecule has 2 heterocycles. The second-order valence-corrected chi connectivity index (χ2v) is 8.81. The summed E-state index contributed by atoms with van der Waals surface area (Å²) < 4.78 is 24.2. The summed E-state index contributed by atoms with van der Waals surface area (Å²) in [7, 11) is -4.41. The molecule has 4 rings (SSSR count). The van der Waals surface area contributed by atoms with Crippen LogP contribution < -0.4 is 15.8 Å². The number of fused-ring (bicyclic) bond motifs is 1. The first-order chi connectivity index (χ1) is 14.3. The van der Waals surface area contributed by atoms with Crippen LogP contribution in [0.15, 0.2) is 35.4 Å². The molecule has 0 aliphatic heterocycles. The van der Waals surface area contributed by atoms with Crippen LogP contribution in [-0.2, 0) is 9.09 Å². The Balaban J connectivity index is 1.50. The van der Waals surface area contributed by atoms with Gasteiger partial charge in [0.2, 0.25) is 5.95 Å². The molecule has 0 radical (unpaired) electrons. The van der Waals surface area contributed by atoms with Gasteiger partial charge in [-0.3, -0.25) is 19.2 Å². The van der Waals surface area contributed by atoms with Crippen molar-refractivity contribution in [3.8, 4) is 5.75 Å². The second-order valence-electron chi connectivity index (χ2n) is 6.99. The normalized spacial score (nSPS) is 23.1. The molecule has 0 saturated heterocycles. The highest BCUT2D eigenvalue weighted by atomic mass is 35.5. The number of aromatic nitrogens is 4. The number of aliphatic hydroxyl groups is 1.